The van der Waals surface area contributed by atoms with E-state index in [-0.39, 0.29) is 5.82 Å². The van der Waals surface area contributed by atoms with Gasteiger partial charge in [0.25, 0.3) is 0 Å². The van der Waals surface area contributed by atoms with E-state index in [0.29, 0.717) is 18.4 Å². The molecule has 0 saturated carbocycles. The summed E-state index contributed by atoms with van der Waals surface area (Å²) < 4.78 is 18.6. The number of fused-ring (bicyclic) bond motifs is 1. The molecule has 3 rings (SSSR count). The van der Waals surface area contributed by atoms with Gasteiger partial charge in [-0.3, -0.25) is 0 Å². The third-order valence-corrected chi connectivity index (χ3v) is 3.46. The van der Waals surface area contributed by atoms with Crippen molar-refractivity contribution >= 4 is 0 Å². The van der Waals surface area contributed by atoms with Crippen molar-refractivity contribution in [1.82, 2.24) is 4.98 Å². The summed E-state index contributed by atoms with van der Waals surface area (Å²) in [5.74, 6) is 1.79. The highest BCUT2D eigenvalue weighted by atomic mass is 19.1. The molecule has 3 nitrogen and oxygen atoms in total. The molecule has 4 heteroatoms. The number of benzene rings is 1. The Morgan fingerprint density at radius 1 is 1.33 bits per heavy atom. The van der Waals surface area contributed by atoms with Gasteiger partial charge in [0.15, 0.2) is 0 Å². The molecule has 1 aliphatic carbocycles. The molecule has 1 unspecified atom stereocenters. The van der Waals surface area contributed by atoms with Crippen LogP contribution in [0.2, 0.25) is 0 Å². The van der Waals surface area contributed by atoms with Crippen LogP contribution < -0.4 is 5.73 Å². The first-order valence-electron chi connectivity index (χ1n) is 6.21. The van der Waals surface area contributed by atoms with Gasteiger partial charge in [-0.15, -0.1) is 0 Å². The predicted octanol–water partition coefficient (Wildman–Crippen LogP) is 2.54. The number of halogens is 1. The maximum Gasteiger partial charge on any atom is 0.226 e. The third-order valence-electron chi connectivity index (χ3n) is 3.46. The molecule has 1 aromatic carbocycles. The van der Waals surface area contributed by atoms with Gasteiger partial charge in [-0.05, 0) is 49.6 Å². The summed E-state index contributed by atoms with van der Waals surface area (Å²) in [4.78, 5) is 4.50. The maximum atomic E-state index is 12.9. The molecule has 2 aromatic rings. The first-order chi connectivity index (χ1) is 8.76. The zero-order chi connectivity index (χ0) is 12.5. The molecule has 1 aromatic heterocycles. The van der Waals surface area contributed by atoms with Gasteiger partial charge >= 0.3 is 0 Å². The van der Waals surface area contributed by atoms with Crippen molar-refractivity contribution in [2.24, 2.45) is 11.7 Å². The van der Waals surface area contributed by atoms with Crippen molar-refractivity contribution < 1.29 is 8.81 Å². The monoisotopic (exact) mass is 246 g/mol. The van der Waals surface area contributed by atoms with Gasteiger partial charge in [-0.2, -0.15) is 0 Å². The van der Waals surface area contributed by atoms with Crippen molar-refractivity contribution in [3.05, 3.63) is 41.5 Å². The summed E-state index contributed by atoms with van der Waals surface area (Å²) in [6, 6.07) is 6.21. The molecule has 0 bridgehead atoms. The SMILES string of the molecule is NCC1CCc2oc(-c3ccc(F)cc3)nc2C1. The van der Waals surface area contributed by atoms with E-state index in [1.54, 1.807) is 12.1 Å². The lowest BCUT2D eigenvalue weighted by molar-refractivity contribution is 0.413. The molecule has 1 heterocycles. The number of hydrogen-bond donors (Lipinski definition) is 1. The quantitative estimate of drug-likeness (QED) is 0.886. The molecule has 0 radical (unpaired) electrons. The number of nitrogens with zero attached hydrogens (tertiary/aromatic N) is 1. The van der Waals surface area contributed by atoms with Gasteiger partial charge in [0.2, 0.25) is 5.89 Å². The van der Waals surface area contributed by atoms with Crippen LogP contribution in [0, 0.1) is 11.7 Å². The van der Waals surface area contributed by atoms with Crippen LogP contribution in [0.1, 0.15) is 17.9 Å². The molecule has 2 N–H and O–H groups in total. The van der Waals surface area contributed by atoms with E-state index < -0.39 is 0 Å². The lowest BCUT2D eigenvalue weighted by atomic mass is 9.90. The summed E-state index contributed by atoms with van der Waals surface area (Å²) in [5, 5.41) is 0. The molecule has 94 valence electrons. The zero-order valence-electron chi connectivity index (χ0n) is 10.0. The Labute approximate surface area is 105 Å². The number of aryl methyl sites for hydroxylation is 1. The number of rotatable bonds is 2. The molecular weight excluding hydrogens is 231 g/mol. The minimum absolute atomic E-state index is 0.252. The average molecular weight is 246 g/mol. The first kappa shape index (κ1) is 11.4. The summed E-state index contributed by atoms with van der Waals surface area (Å²) in [6.07, 6.45) is 2.84. The van der Waals surface area contributed by atoms with E-state index in [1.807, 2.05) is 0 Å². The minimum Gasteiger partial charge on any atom is -0.441 e. The fourth-order valence-electron chi connectivity index (χ4n) is 2.37. The molecule has 1 atom stereocenters. The normalized spacial score (nSPS) is 18.7. The maximum absolute atomic E-state index is 12.9. The van der Waals surface area contributed by atoms with Crippen molar-refractivity contribution in [2.45, 2.75) is 19.3 Å². The van der Waals surface area contributed by atoms with E-state index >= 15 is 0 Å². The van der Waals surface area contributed by atoms with Crippen LogP contribution in [0.15, 0.2) is 28.7 Å². The van der Waals surface area contributed by atoms with Gasteiger partial charge in [0.1, 0.15) is 11.6 Å². The highest BCUT2D eigenvalue weighted by Crippen LogP contribution is 2.29. The fraction of sp³-hybridized carbons (Fsp3) is 0.357. The molecule has 0 amide bonds. The van der Waals surface area contributed by atoms with Gasteiger partial charge in [-0.25, -0.2) is 9.37 Å². The lowest BCUT2D eigenvalue weighted by Crippen LogP contribution is -2.21. The smallest absolute Gasteiger partial charge is 0.226 e. The lowest BCUT2D eigenvalue weighted by Gasteiger charge is -2.17. The molecule has 1 aliphatic rings. The predicted molar refractivity (Wildman–Crippen MR) is 66.5 cm³/mol. The second kappa shape index (κ2) is 4.53. The fourth-order valence-corrected chi connectivity index (χ4v) is 2.37. The first-order valence-corrected chi connectivity index (χ1v) is 6.21. The Bertz CT molecular complexity index is 547. The van der Waals surface area contributed by atoms with Gasteiger partial charge < -0.3 is 10.2 Å². The molecular formula is C14H15FN2O. The highest BCUT2D eigenvalue weighted by molar-refractivity contribution is 5.53. The summed E-state index contributed by atoms with van der Waals surface area (Å²) >= 11 is 0. The van der Waals surface area contributed by atoms with Crippen LogP contribution in [0.25, 0.3) is 11.5 Å². The Kier molecular flexibility index (Phi) is 2.88. The highest BCUT2D eigenvalue weighted by Gasteiger charge is 2.23. The van der Waals surface area contributed by atoms with Crippen LogP contribution >= 0.6 is 0 Å². The van der Waals surface area contributed by atoms with E-state index in [1.165, 1.54) is 12.1 Å². The van der Waals surface area contributed by atoms with Crippen molar-refractivity contribution in [2.75, 3.05) is 6.54 Å². The molecule has 0 saturated heterocycles. The zero-order valence-corrected chi connectivity index (χ0v) is 10.0. The van der Waals surface area contributed by atoms with Crippen LogP contribution in [0.4, 0.5) is 4.39 Å². The Hall–Kier alpha value is -1.68. The van der Waals surface area contributed by atoms with Crippen molar-refractivity contribution in [1.29, 1.82) is 0 Å². The number of aromatic nitrogens is 1. The molecule has 0 aliphatic heterocycles. The van der Waals surface area contributed by atoms with Gasteiger partial charge in [0, 0.05) is 12.0 Å². The van der Waals surface area contributed by atoms with Crippen molar-refractivity contribution in [3.63, 3.8) is 0 Å². The number of oxazole rings is 1. The van der Waals surface area contributed by atoms with E-state index in [0.717, 1.165) is 36.3 Å². The average Bonchev–Trinajstić information content (AvgIpc) is 2.82. The van der Waals surface area contributed by atoms with Crippen LogP contribution in [0.3, 0.4) is 0 Å². The van der Waals surface area contributed by atoms with Crippen LogP contribution in [0.5, 0.6) is 0 Å². The summed E-state index contributed by atoms with van der Waals surface area (Å²) in [7, 11) is 0. The largest absolute Gasteiger partial charge is 0.441 e. The summed E-state index contributed by atoms with van der Waals surface area (Å²) in [5.41, 5.74) is 7.52. The number of nitrogens with two attached hydrogens (primary N) is 1. The Morgan fingerprint density at radius 3 is 2.83 bits per heavy atom. The molecule has 18 heavy (non-hydrogen) atoms. The van der Waals surface area contributed by atoms with E-state index in [4.69, 9.17) is 10.2 Å². The second-order valence-electron chi connectivity index (χ2n) is 4.74. The molecule has 0 fully saturated rings. The van der Waals surface area contributed by atoms with Gasteiger partial charge in [0.05, 0.1) is 5.69 Å². The standard InChI is InChI=1S/C14H15FN2O/c15-11-4-2-10(3-5-11)14-17-12-7-9(8-16)1-6-13(12)18-14/h2-5,9H,1,6-8,16H2. The second-order valence-corrected chi connectivity index (χ2v) is 4.74. The Morgan fingerprint density at radius 2 is 2.11 bits per heavy atom. The topological polar surface area (TPSA) is 52.0 Å². The summed E-state index contributed by atoms with van der Waals surface area (Å²) in [6.45, 7) is 0.693. The van der Waals surface area contributed by atoms with Crippen LogP contribution in [-0.4, -0.2) is 11.5 Å². The molecule has 0 spiro atoms. The van der Waals surface area contributed by atoms with Crippen molar-refractivity contribution in [3.8, 4) is 11.5 Å². The van der Waals surface area contributed by atoms with E-state index in [2.05, 4.69) is 4.98 Å². The van der Waals surface area contributed by atoms with Gasteiger partial charge in [-0.1, -0.05) is 0 Å². The number of hydrogen-bond acceptors (Lipinski definition) is 3. The minimum atomic E-state index is -0.252. The Balaban J connectivity index is 1.91. The van der Waals surface area contributed by atoms with E-state index in [9.17, 15) is 4.39 Å². The van der Waals surface area contributed by atoms with Crippen LogP contribution in [-0.2, 0) is 12.8 Å². The third kappa shape index (κ3) is 2.04.